The molecular weight excluding hydrogens is 398 g/mol. The molecule has 0 atom stereocenters. The number of phenolic OH excluding ortho intramolecular Hbond substituents is 2. The predicted molar refractivity (Wildman–Crippen MR) is 121 cm³/mol. The molecule has 0 aliphatic carbocycles. The summed E-state index contributed by atoms with van der Waals surface area (Å²) in [6, 6.07) is 10.3. The van der Waals surface area contributed by atoms with Gasteiger partial charge in [-0.2, -0.15) is 4.99 Å². The summed E-state index contributed by atoms with van der Waals surface area (Å²) in [4.78, 5) is 10.7. The quantitative estimate of drug-likeness (QED) is 0.580. The summed E-state index contributed by atoms with van der Waals surface area (Å²) in [7, 11) is 0. The first-order valence-electron chi connectivity index (χ1n) is 10.5. The Morgan fingerprint density at radius 2 is 1.58 bits per heavy atom. The number of aromatic hydroxyl groups is 2. The van der Waals surface area contributed by atoms with Gasteiger partial charge in [0.05, 0.1) is 31.1 Å². The van der Waals surface area contributed by atoms with Gasteiger partial charge in [-0.15, -0.1) is 0 Å². The Bertz CT molecular complexity index is 958. The van der Waals surface area contributed by atoms with Crippen LogP contribution >= 0.6 is 0 Å². The molecule has 2 aromatic carbocycles. The molecule has 0 fully saturated rings. The van der Waals surface area contributed by atoms with E-state index in [2.05, 4.69) is 16.9 Å². The van der Waals surface area contributed by atoms with Crippen LogP contribution in [0.25, 0.3) is 0 Å². The highest BCUT2D eigenvalue weighted by molar-refractivity contribution is 6.16. The molecule has 0 saturated heterocycles. The molecule has 2 aromatic rings. The van der Waals surface area contributed by atoms with E-state index in [4.69, 9.17) is 14.2 Å². The van der Waals surface area contributed by atoms with Gasteiger partial charge in [-0.1, -0.05) is 13.3 Å². The molecule has 31 heavy (non-hydrogen) atoms. The maximum atomic E-state index is 10.7. The Morgan fingerprint density at radius 3 is 2.19 bits per heavy atom. The molecule has 1 heterocycles. The van der Waals surface area contributed by atoms with E-state index in [1.807, 2.05) is 13.8 Å². The number of nitrogens with zero attached hydrogens (tertiary/aromatic N) is 3. The number of hydrogen-bond acceptors (Lipinski definition) is 8. The van der Waals surface area contributed by atoms with E-state index in [9.17, 15) is 10.2 Å². The molecule has 0 spiro atoms. The van der Waals surface area contributed by atoms with Gasteiger partial charge in [-0.3, -0.25) is 0 Å². The van der Waals surface area contributed by atoms with Crippen LogP contribution in [0.3, 0.4) is 0 Å². The number of hydrogen-bond donors (Lipinski definition) is 2. The van der Waals surface area contributed by atoms with Crippen molar-refractivity contribution in [2.45, 2.75) is 33.6 Å². The molecule has 166 valence electrons. The highest BCUT2D eigenvalue weighted by Gasteiger charge is 2.26. The molecule has 0 bridgehead atoms. The van der Waals surface area contributed by atoms with Crippen molar-refractivity contribution >= 4 is 17.5 Å². The van der Waals surface area contributed by atoms with Gasteiger partial charge >= 0.3 is 6.02 Å². The van der Waals surface area contributed by atoms with Crippen molar-refractivity contribution in [3.8, 4) is 23.0 Å². The maximum Gasteiger partial charge on any atom is 0.315 e. The molecule has 1 aliphatic rings. The second-order valence-electron chi connectivity index (χ2n) is 6.84. The number of unbranched alkanes of at least 4 members (excludes halogenated alkanes) is 1. The van der Waals surface area contributed by atoms with Crippen molar-refractivity contribution in [2.75, 3.05) is 31.4 Å². The monoisotopic (exact) mass is 427 g/mol. The van der Waals surface area contributed by atoms with E-state index < -0.39 is 0 Å². The van der Waals surface area contributed by atoms with Crippen LogP contribution in [0.15, 0.2) is 46.4 Å². The molecule has 0 saturated carbocycles. The average molecular weight is 428 g/mol. The minimum atomic E-state index is 0.00920. The second kappa shape index (κ2) is 10.6. The van der Waals surface area contributed by atoms with E-state index in [-0.39, 0.29) is 24.2 Å². The largest absolute Gasteiger partial charge is 0.507 e. The van der Waals surface area contributed by atoms with E-state index >= 15 is 0 Å². The molecular formula is C23H29N3O5. The summed E-state index contributed by atoms with van der Waals surface area (Å²) in [5, 5.41) is 21.3. The highest BCUT2D eigenvalue weighted by Crippen LogP contribution is 2.35. The summed E-state index contributed by atoms with van der Waals surface area (Å²) in [5.41, 5.74) is 0.968. The first kappa shape index (κ1) is 22.3. The molecule has 8 heteroatoms. The summed E-state index contributed by atoms with van der Waals surface area (Å²) in [6.45, 7) is 7.51. The molecule has 3 rings (SSSR count). The van der Waals surface area contributed by atoms with Gasteiger partial charge in [0.15, 0.2) is 5.84 Å². The fourth-order valence-corrected chi connectivity index (χ4v) is 3.11. The standard InChI is InChI=1S/C23H29N3O5/c1-4-7-12-31-23-24-15-26(19-11-9-17(30-6-3)14-21(19)28)22(25-23)18-10-8-16(29-5-2)13-20(18)27/h8-11,13-14,27-28H,4-7,12,15H2,1-3H3. The smallest absolute Gasteiger partial charge is 0.315 e. The minimum Gasteiger partial charge on any atom is -0.507 e. The van der Waals surface area contributed by atoms with E-state index in [1.165, 1.54) is 0 Å². The fourth-order valence-electron chi connectivity index (χ4n) is 3.11. The van der Waals surface area contributed by atoms with Gasteiger partial charge in [0.2, 0.25) is 0 Å². The molecule has 8 nitrogen and oxygen atoms in total. The third-order valence-corrected chi connectivity index (χ3v) is 4.60. The minimum absolute atomic E-state index is 0.00920. The van der Waals surface area contributed by atoms with Crippen molar-refractivity contribution < 1.29 is 24.4 Å². The van der Waals surface area contributed by atoms with E-state index in [0.717, 1.165) is 12.8 Å². The Kier molecular flexibility index (Phi) is 7.59. The Hall–Kier alpha value is -3.42. The number of aliphatic imine (C=N–C) groups is 2. The van der Waals surface area contributed by atoms with Crippen molar-refractivity contribution in [2.24, 2.45) is 9.98 Å². The Labute approximate surface area is 182 Å². The van der Waals surface area contributed by atoms with Crippen LogP contribution in [0.1, 0.15) is 39.2 Å². The first-order valence-corrected chi connectivity index (χ1v) is 10.5. The maximum absolute atomic E-state index is 10.7. The fraction of sp³-hybridized carbons (Fsp3) is 0.391. The van der Waals surface area contributed by atoms with Crippen molar-refractivity contribution in [1.82, 2.24) is 0 Å². The molecule has 0 radical (unpaired) electrons. The summed E-state index contributed by atoms with van der Waals surface area (Å²) in [5.74, 6) is 1.57. The first-order chi connectivity index (χ1) is 15.1. The van der Waals surface area contributed by atoms with Crippen LogP contribution in [0.5, 0.6) is 23.0 Å². The van der Waals surface area contributed by atoms with Crippen LogP contribution in [0.4, 0.5) is 5.69 Å². The van der Waals surface area contributed by atoms with Crippen LogP contribution in [-0.4, -0.2) is 48.6 Å². The number of rotatable bonds is 9. The van der Waals surface area contributed by atoms with Gasteiger partial charge in [-0.25, -0.2) is 4.99 Å². The lowest BCUT2D eigenvalue weighted by Gasteiger charge is -2.29. The molecule has 0 unspecified atom stereocenters. The molecule has 0 amide bonds. The zero-order chi connectivity index (χ0) is 22.2. The van der Waals surface area contributed by atoms with Gasteiger partial charge in [0, 0.05) is 12.1 Å². The predicted octanol–water partition coefficient (Wildman–Crippen LogP) is 4.29. The van der Waals surface area contributed by atoms with Crippen molar-refractivity contribution in [3.63, 3.8) is 0 Å². The number of ether oxygens (including phenoxy) is 3. The molecule has 0 aromatic heterocycles. The SMILES string of the molecule is CCCCOC1=NCN(c2ccc(OCC)cc2O)C(c2ccc(OCC)cc2O)=N1. The molecule has 2 N–H and O–H groups in total. The second-order valence-corrected chi connectivity index (χ2v) is 6.84. The summed E-state index contributed by atoms with van der Waals surface area (Å²) in [6.07, 6.45) is 1.89. The van der Waals surface area contributed by atoms with Crippen molar-refractivity contribution in [1.29, 1.82) is 0 Å². The van der Waals surface area contributed by atoms with Gasteiger partial charge < -0.3 is 29.3 Å². The third kappa shape index (κ3) is 5.39. The van der Waals surface area contributed by atoms with Crippen LogP contribution in [-0.2, 0) is 4.74 Å². The molecule has 1 aliphatic heterocycles. The number of amidine groups is 2. The lowest BCUT2D eigenvalue weighted by atomic mass is 10.1. The zero-order valence-corrected chi connectivity index (χ0v) is 18.2. The Balaban J connectivity index is 1.98. The highest BCUT2D eigenvalue weighted by atomic mass is 16.5. The summed E-state index contributed by atoms with van der Waals surface area (Å²) < 4.78 is 16.6. The van der Waals surface area contributed by atoms with Gasteiger partial charge in [-0.05, 0) is 44.5 Å². The third-order valence-electron chi connectivity index (χ3n) is 4.60. The lowest BCUT2D eigenvalue weighted by Crippen LogP contribution is -2.36. The number of benzene rings is 2. The van der Waals surface area contributed by atoms with Crippen molar-refractivity contribution in [3.05, 3.63) is 42.0 Å². The van der Waals surface area contributed by atoms with E-state index in [1.54, 1.807) is 41.3 Å². The summed E-state index contributed by atoms with van der Waals surface area (Å²) >= 11 is 0. The van der Waals surface area contributed by atoms with E-state index in [0.29, 0.717) is 48.4 Å². The van der Waals surface area contributed by atoms with Crippen LogP contribution < -0.4 is 14.4 Å². The van der Waals surface area contributed by atoms with Crippen LogP contribution in [0.2, 0.25) is 0 Å². The van der Waals surface area contributed by atoms with Gasteiger partial charge in [0.25, 0.3) is 0 Å². The number of phenols is 2. The van der Waals surface area contributed by atoms with Crippen LogP contribution in [0, 0.1) is 0 Å². The lowest BCUT2D eigenvalue weighted by molar-refractivity contribution is 0.290. The average Bonchev–Trinajstić information content (AvgIpc) is 2.75. The Morgan fingerprint density at radius 1 is 0.903 bits per heavy atom. The number of anilines is 1. The normalized spacial score (nSPS) is 13.5. The zero-order valence-electron chi connectivity index (χ0n) is 18.2. The van der Waals surface area contributed by atoms with Gasteiger partial charge in [0.1, 0.15) is 29.7 Å². The topological polar surface area (TPSA) is 96.1 Å².